The van der Waals surface area contributed by atoms with Gasteiger partial charge in [-0.25, -0.2) is 4.98 Å². The summed E-state index contributed by atoms with van der Waals surface area (Å²) in [7, 11) is 1.84. The molecule has 0 atom stereocenters. The zero-order valence-electron chi connectivity index (χ0n) is 16.6. The molecule has 0 bridgehead atoms. The minimum atomic E-state index is 0.0283. The van der Waals surface area contributed by atoms with Gasteiger partial charge in [0.15, 0.2) is 23.9 Å². The minimum Gasteiger partial charge on any atom is -0.468 e. The summed E-state index contributed by atoms with van der Waals surface area (Å²) in [5.74, 6) is 1.93. The molecule has 0 radical (unpaired) electrons. The molecule has 1 aliphatic rings. The van der Waals surface area contributed by atoms with Gasteiger partial charge in [-0.1, -0.05) is 50.1 Å². The molecule has 5 rings (SSSR count). The van der Waals surface area contributed by atoms with Crippen LogP contribution in [0.5, 0.6) is 5.88 Å². The largest absolute Gasteiger partial charge is 0.468 e. The molecule has 1 aliphatic carbocycles. The molecule has 29 heavy (non-hydrogen) atoms. The molecule has 0 spiro atoms. The maximum absolute atomic E-state index is 6.16. The number of aryl methyl sites for hydroxylation is 1. The summed E-state index contributed by atoms with van der Waals surface area (Å²) in [5.41, 5.74) is 2.81. The lowest BCUT2D eigenvalue weighted by atomic mass is 9.81. The highest BCUT2D eigenvalue weighted by Crippen LogP contribution is 2.44. The highest BCUT2D eigenvalue weighted by atomic mass is 16.5. The van der Waals surface area contributed by atoms with Crippen molar-refractivity contribution in [2.45, 2.75) is 44.6 Å². The highest BCUT2D eigenvalue weighted by molar-refractivity contribution is 5.59. The van der Waals surface area contributed by atoms with Gasteiger partial charge < -0.3 is 4.74 Å². The molecule has 1 aromatic carbocycles. The minimum absolute atomic E-state index is 0.0283. The molecule has 3 heterocycles. The molecule has 0 saturated heterocycles. The first-order valence-corrected chi connectivity index (χ1v) is 9.92. The molecule has 4 aromatic rings. The summed E-state index contributed by atoms with van der Waals surface area (Å²) in [4.78, 5) is 4.26. The third-order valence-electron chi connectivity index (χ3n) is 5.73. The molecule has 1 fully saturated rings. The van der Waals surface area contributed by atoms with Crippen LogP contribution in [0.3, 0.4) is 0 Å². The normalized spacial score (nSPS) is 15.8. The summed E-state index contributed by atoms with van der Waals surface area (Å²) in [6.07, 6.45) is 6.32. The Kier molecular flexibility index (Phi) is 4.26. The quantitative estimate of drug-likeness (QED) is 0.521. The third-order valence-corrected chi connectivity index (χ3v) is 5.73. The first-order valence-electron chi connectivity index (χ1n) is 9.92. The van der Waals surface area contributed by atoms with Crippen molar-refractivity contribution in [2.75, 3.05) is 0 Å². The van der Waals surface area contributed by atoms with Crippen LogP contribution in [0, 0.1) is 0 Å². The van der Waals surface area contributed by atoms with Crippen molar-refractivity contribution in [1.82, 2.24) is 34.6 Å². The van der Waals surface area contributed by atoms with E-state index in [9.17, 15) is 0 Å². The molecular formula is C21H23N7O. The fraction of sp³-hybridized carbons (Fsp3) is 0.381. The third kappa shape index (κ3) is 3.24. The van der Waals surface area contributed by atoms with Crippen molar-refractivity contribution in [1.29, 1.82) is 0 Å². The number of fused-ring (bicyclic) bond motifs is 1. The molecule has 148 valence electrons. The second-order valence-corrected chi connectivity index (χ2v) is 7.91. The van der Waals surface area contributed by atoms with Crippen LogP contribution >= 0.6 is 0 Å². The molecular weight excluding hydrogens is 366 g/mol. The maximum Gasteiger partial charge on any atom is 0.236 e. The van der Waals surface area contributed by atoms with Crippen LogP contribution in [0.1, 0.15) is 44.0 Å². The van der Waals surface area contributed by atoms with E-state index in [0.717, 1.165) is 29.6 Å². The van der Waals surface area contributed by atoms with Gasteiger partial charge in [-0.15, -0.1) is 15.3 Å². The number of hydrogen-bond acceptors (Lipinski definition) is 6. The van der Waals surface area contributed by atoms with Gasteiger partial charge in [0.25, 0.3) is 0 Å². The van der Waals surface area contributed by atoms with Crippen molar-refractivity contribution in [3.8, 4) is 17.3 Å². The van der Waals surface area contributed by atoms with Gasteiger partial charge in [0.1, 0.15) is 6.33 Å². The summed E-state index contributed by atoms with van der Waals surface area (Å²) >= 11 is 0. The number of aromatic nitrogens is 7. The Morgan fingerprint density at radius 3 is 2.59 bits per heavy atom. The van der Waals surface area contributed by atoms with E-state index in [1.54, 1.807) is 15.5 Å². The van der Waals surface area contributed by atoms with Crippen molar-refractivity contribution in [2.24, 2.45) is 7.05 Å². The monoisotopic (exact) mass is 389 g/mol. The van der Waals surface area contributed by atoms with Crippen LogP contribution in [0.2, 0.25) is 0 Å². The van der Waals surface area contributed by atoms with E-state index in [1.165, 1.54) is 12.8 Å². The zero-order valence-corrected chi connectivity index (χ0v) is 16.6. The molecule has 0 aliphatic heterocycles. The average molecular weight is 389 g/mol. The van der Waals surface area contributed by atoms with Gasteiger partial charge in [0, 0.05) is 18.2 Å². The van der Waals surface area contributed by atoms with Gasteiger partial charge in [-0.05, 0) is 24.3 Å². The Hall–Kier alpha value is -3.29. The van der Waals surface area contributed by atoms with Crippen LogP contribution in [-0.4, -0.2) is 34.6 Å². The predicted molar refractivity (Wildman–Crippen MR) is 107 cm³/mol. The molecule has 8 nitrogen and oxygen atoms in total. The van der Waals surface area contributed by atoms with Crippen LogP contribution in [0.25, 0.3) is 17.0 Å². The molecule has 1 saturated carbocycles. The number of benzene rings is 1. The smallest absolute Gasteiger partial charge is 0.236 e. The summed E-state index contributed by atoms with van der Waals surface area (Å²) in [6, 6.07) is 12.0. The van der Waals surface area contributed by atoms with E-state index in [0.29, 0.717) is 17.5 Å². The van der Waals surface area contributed by atoms with Crippen molar-refractivity contribution in [3.05, 3.63) is 54.1 Å². The van der Waals surface area contributed by atoms with Crippen molar-refractivity contribution >= 4 is 5.65 Å². The second kappa shape index (κ2) is 6.95. The lowest BCUT2D eigenvalue weighted by molar-refractivity contribution is 0.268. The zero-order chi connectivity index (χ0) is 19.8. The molecule has 0 unspecified atom stereocenters. The Morgan fingerprint density at radius 2 is 1.86 bits per heavy atom. The topological polar surface area (TPSA) is 83.0 Å². The molecule has 0 N–H and O–H groups in total. The lowest BCUT2D eigenvalue weighted by Gasteiger charge is -2.25. The Morgan fingerprint density at radius 1 is 1.07 bits per heavy atom. The lowest BCUT2D eigenvalue weighted by Crippen LogP contribution is -2.20. The fourth-order valence-electron chi connectivity index (χ4n) is 4.13. The van der Waals surface area contributed by atoms with Gasteiger partial charge in [-0.3, -0.25) is 4.68 Å². The molecule has 3 aromatic heterocycles. The summed E-state index contributed by atoms with van der Waals surface area (Å²) in [5, 5.41) is 17.9. The predicted octanol–water partition coefficient (Wildman–Crippen LogP) is 3.33. The van der Waals surface area contributed by atoms with E-state index < -0.39 is 0 Å². The first-order chi connectivity index (χ1) is 14.1. The van der Waals surface area contributed by atoms with E-state index in [2.05, 4.69) is 33.3 Å². The van der Waals surface area contributed by atoms with Crippen molar-refractivity contribution < 1.29 is 4.74 Å². The van der Waals surface area contributed by atoms with Gasteiger partial charge in [0.2, 0.25) is 5.88 Å². The van der Waals surface area contributed by atoms with Crippen LogP contribution in [0.4, 0.5) is 0 Å². The maximum atomic E-state index is 6.16. The van der Waals surface area contributed by atoms with E-state index in [4.69, 9.17) is 9.84 Å². The van der Waals surface area contributed by atoms with Gasteiger partial charge in [0.05, 0.1) is 0 Å². The first kappa shape index (κ1) is 17.8. The van der Waals surface area contributed by atoms with Crippen molar-refractivity contribution in [3.63, 3.8) is 0 Å². The van der Waals surface area contributed by atoms with Crippen LogP contribution in [-0.2, 0) is 19.1 Å². The van der Waals surface area contributed by atoms with E-state index in [1.807, 2.05) is 37.4 Å². The Bertz CT molecular complexity index is 1140. The number of ether oxygens (including phenoxy) is 1. The summed E-state index contributed by atoms with van der Waals surface area (Å²) < 4.78 is 9.59. The summed E-state index contributed by atoms with van der Waals surface area (Å²) in [6.45, 7) is 2.55. The molecule has 0 amide bonds. The van der Waals surface area contributed by atoms with Crippen LogP contribution in [0.15, 0.2) is 42.7 Å². The van der Waals surface area contributed by atoms with Crippen LogP contribution < -0.4 is 4.74 Å². The average Bonchev–Trinajstić information content (AvgIpc) is 3.46. The number of hydrogen-bond donors (Lipinski definition) is 0. The standard InChI is InChI=1S/C21H23N7O/c1-21(10-6-7-11-21)16-12-18-23-24-19(15-8-4-3-5-9-15)28(18)26-20(16)29-13-17-22-14-27(2)25-17/h3-5,8-9,12,14H,6-7,10-11,13H2,1-2H3. The van der Waals surface area contributed by atoms with Gasteiger partial charge in [-0.2, -0.15) is 9.61 Å². The Balaban J connectivity index is 1.60. The highest BCUT2D eigenvalue weighted by Gasteiger charge is 2.35. The van der Waals surface area contributed by atoms with E-state index >= 15 is 0 Å². The second-order valence-electron chi connectivity index (χ2n) is 7.91. The molecule has 8 heteroatoms. The van der Waals surface area contributed by atoms with Gasteiger partial charge >= 0.3 is 0 Å². The Labute approximate surface area is 168 Å². The number of nitrogens with zero attached hydrogens (tertiary/aromatic N) is 7. The SMILES string of the molecule is Cn1cnc(COc2nn3c(-c4ccccc4)nnc3cc2C2(C)CCCC2)n1. The van der Waals surface area contributed by atoms with E-state index in [-0.39, 0.29) is 12.0 Å². The number of rotatable bonds is 5. The fourth-order valence-corrected chi connectivity index (χ4v) is 4.13.